The Labute approximate surface area is 456 Å². The van der Waals surface area contributed by atoms with Crippen molar-refractivity contribution in [2.24, 2.45) is 5.92 Å². The molecule has 408 valence electrons. The van der Waals surface area contributed by atoms with Crippen LogP contribution < -0.4 is 25.1 Å². The topological polar surface area (TPSA) is 165 Å². The van der Waals surface area contributed by atoms with Crippen molar-refractivity contribution in [2.75, 3.05) is 84.5 Å². The molecule has 3 aliphatic rings. The highest BCUT2D eigenvalue weighted by molar-refractivity contribution is 7.99. The van der Waals surface area contributed by atoms with Crippen LogP contribution >= 0.6 is 30.9 Å². The molecule has 0 radical (unpaired) electrons. The van der Waals surface area contributed by atoms with Crippen LogP contribution in [0.4, 0.5) is 35.9 Å². The Morgan fingerprint density at radius 3 is 2.08 bits per heavy atom. The number of sulfone groups is 1. The predicted molar refractivity (Wildman–Crippen MR) is 299 cm³/mol. The molecule has 9 rings (SSSR count). The van der Waals surface area contributed by atoms with Gasteiger partial charge in [-0.3, -0.25) is 14.0 Å². The fraction of sp³-hybridized carbons (Fsp3) is 0.357. The molecule has 21 heteroatoms. The summed E-state index contributed by atoms with van der Waals surface area (Å²) in [5.41, 5.74) is 0.340. The van der Waals surface area contributed by atoms with Crippen LogP contribution in [0.5, 0.6) is 0 Å². The fourth-order valence-electron chi connectivity index (χ4n) is 10.7. The van der Waals surface area contributed by atoms with E-state index in [1.807, 2.05) is 99.6 Å². The molecule has 1 aromatic heterocycles. The lowest BCUT2D eigenvalue weighted by Crippen LogP contribution is -2.46. The SMILES string of the molecule is Cc1c(C(=O)O)c(-c2cccc(N3CCN(c4ccc(N5CCO[P@@]5(=O)c5ccc(N[C@H](CCN6CCC(C(=O)O)CC6)CSc6ccccc6)c(S(=O)(=O)C(F)(F)F)c5)cc4)CC3)c2)c(-c2ccc(Cl)cc2)n1C(C)C. The number of hydrogen-bond acceptors (Lipinski definition) is 11. The Kier molecular flexibility index (Phi) is 16.8. The van der Waals surface area contributed by atoms with Gasteiger partial charge in [0.05, 0.1) is 41.3 Å². The summed E-state index contributed by atoms with van der Waals surface area (Å²) in [6, 6.07) is 35.0. The minimum absolute atomic E-state index is 0.0186. The molecule has 3 fully saturated rings. The van der Waals surface area contributed by atoms with E-state index in [0.29, 0.717) is 92.8 Å². The number of alkyl halides is 3. The molecule has 14 nitrogen and oxygen atoms in total. The van der Waals surface area contributed by atoms with E-state index in [1.165, 1.54) is 28.6 Å². The lowest BCUT2D eigenvalue weighted by molar-refractivity contribution is -0.143. The molecule has 77 heavy (non-hydrogen) atoms. The summed E-state index contributed by atoms with van der Waals surface area (Å²) in [6.07, 6.45) is 1.37. The van der Waals surface area contributed by atoms with Crippen molar-refractivity contribution in [3.8, 4) is 22.4 Å². The molecule has 0 aliphatic carbocycles. The molecule has 0 amide bonds. The van der Waals surface area contributed by atoms with Gasteiger partial charge in [-0.2, -0.15) is 13.2 Å². The van der Waals surface area contributed by atoms with E-state index in [2.05, 4.69) is 24.6 Å². The van der Waals surface area contributed by atoms with Crippen LogP contribution in [0.15, 0.2) is 131 Å². The van der Waals surface area contributed by atoms with Gasteiger partial charge in [-0.1, -0.05) is 54.1 Å². The highest BCUT2D eigenvalue weighted by atomic mass is 35.5. The first-order chi connectivity index (χ1) is 36.7. The van der Waals surface area contributed by atoms with E-state index in [-0.39, 0.29) is 35.7 Å². The number of nitrogens with zero attached hydrogens (tertiary/aromatic N) is 5. The zero-order chi connectivity index (χ0) is 54.8. The maximum Gasteiger partial charge on any atom is 0.501 e. The average molecular weight is 1130 g/mol. The number of carboxylic acids is 2. The van der Waals surface area contributed by atoms with E-state index in [4.69, 9.17) is 16.1 Å². The predicted octanol–water partition coefficient (Wildman–Crippen LogP) is 11.8. The lowest BCUT2D eigenvalue weighted by Gasteiger charge is -2.37. The van der Waals surface area contributed by atoms with Gasteiger partial charge in [0.15, 0.2) is 0 Å². The number of nitrogens with one attached hydrogen (secondary N) is 1. The van der Waals surface area contributed by atoms with Crippen LogP contribution in [-0.4, -0.2) is 116 Å². The van der Waals surface area contributed by atoms with Gasteiger partial charge >= 0.3 is 25.0 Å². The number of aromatic carboxylic acids is 1. The smallest absolute Gasteiger partial charge is 0.481 e. The van der Waals surface area contributed by atoms with Gasteiger partial charge in [-0.05, 0) is 143 Å². The summed E-state index contributed by atoms with van der Waals surface area (Å²) in [5, 5.41) is 23.6. The maximum absolute atomic E-state index is 15.0. The van der Waals surface area contributed by atoms with Gasteiger partial charge in [0, 0.05) is 88.8 Å². The first kappa shape index (κ1) is 55.8. The largest absolute Gasteiger partial charge is 0.501 e. The first-order valence-corrected chi connectivity index (χ1v) is 30.0. The molecule has 6 aromatic rings. The minimum Gasteiger partial charge on any atom is -0.481 e. The van der Waals surface area contributed by atoms with Crippen LogP contribution in [0.2, 0.25) is 5.02 Å². The maximum atomic E-state index is 15.0. The van der Waals surface area contributed by atoms with Crippen LogP contribution in [-0.2, 0) is 23.7 Å². The van der Waals surface area contributed by atoms with Crippen molar-refractivity contribution in [1.82, 2.24) is 9.47 Å². The normalized spacial score (nSPS) is 18.3. The van der Waals surface area contributed by atoms with Crippen molar-refractivity contribution >= 4 is 80.7 Å². The van der Waals surface area contributed by atoms with E-state index in [1.54, 1.807) is 24.3 Å². The Bertz CT molecular complexity index is 3260. The first-order valence-electron chi connectivity index (χ1n) is 25.6. The minimum atomic E-state index is -5.97. The molecule has 3 N–H and O–H groups in total. The number of halogens is 4. The third-order valence-electron chi connectivity index (χ3n) is 14.6. The van der Waals surface area contributed by atoms with Gasteiger partial charge in [-0.15, -0.1) is 11.8 Å². The average Bonchev–Trinajstić information content (AvgIpc) is 4.01. The molecule has 5 aromatic carbocycles. The van der Waals surface area contributed by atoms with E-state index < -0.39 is 51.7 Å². The monoisotopic (exact) mass is 1130 g/mol. The number of anilines is 4. The molecule has 0 bridgehead atoms. The second-order valence-corrected chi connectivity index (χ2v) is 25.6. The van der Waals surface area contributed by atoms with Gasteiger partial charge in [0.1, 0.15) is 4.90 Å². The third kappa shape index (κ3) is 11.9. The van der Waals surface area contributed by atoms with Crippen molar-refractivity contribution < 1.29 is 50.5 Å². The van der Waals surface area contributed by atoms with Gasteiger partial charge in [-0.25, -0.2) is 13.2 Å². The number of carboxylic acid groups (broad SMARTS) is 2. The number of aromatic nitrogens is 1. The molecule has 0 saturated carbocycles. The molecule has 3 aliphatic heterocycles. The number of piperidine rings is 1. The molecular formula is C56H61ClF3N6O8PS2. The Morgan fingerprint density at radius 2 is 1.45 bits per heavy atom. The third-order valence-corrected chi connectivity index (χ3v) is 20.1. The molecule has 0 unspecified atom stereocenters. The highest BCUT2D eigenvalue weighted by Crippen LogP contribution is 2.56. The van der Waals surface area contributed by atoms with Crippen LogP contribution in [0.25, 0.3) is 22.4 Å². The summed E-state index contributed by atoms with van der Waals surface area (Å²) in [6.45, 7) is 10.2. The number of hydrogen-bond donors (Lipinski definition) is 3. The Morgan fingerprint density at radius 1 is 0.805 bits per heavy atom. The van der Waals surface area contributed by atoms with E-state index in [9.17, 15) is 46.0 Å². The van der Waals surface area contributed by atoms with Gasteiger partial charge < -0.3 is 39.3 Å². The number of carbonyl (C=O) groups is 2. The number of benzene rings is 5. The lowest BCUT2D eigenvalue weighted by atomic mass is 9.96. The molecular weight excluding hydrogens is 1070 g/mol. The summed E-state index contributed by atoms with van der Waals surface area (Å²) in [5.74, 6) is -1.91. The molecule has 3 saturated heterocycles. The number of thioether (sulfide) groups is 1. The highest BCUT2D eigenvalue weighted by Gasteiger charge is 2.49. The van der Waals surface area contributed by atoms with Gasteiger partial charge in [0.2, 0.25) is 0 Å². The van der Waals surface area contributed by atoms with Crippen LogP contribution in [0.1, 0.15) is 55.2 Å². The zero-order valence-corrected chi connectivity index (χ0v) is 46.1. The fourth-order valence-corrected chi connectivity index (χ4v) is 15.1. The van der Waals surface area contributed by atoms with Crippen molar-refractivity contribution in [3.05, 3.63) is 138 Å². The quantitative estimate of drug-likeness (QED) is 0.0550. The van der Waals surface area contributed by atoms with E-state index >= 15 is 0 Å². The van der Waals surface area contributed by atoms with Crippen molar-refractivity contribution in [3.63, 3.8) is 0 Å². The zero-order valence-electron chi connectivity index (χ0n) is 42.8. The van der Waals surface area contributed by atoms with Gasteiger partial charge in [0.25, 0.3) is 9.84 Å². The Hall–Kier alpha value is -5.95. The van der Waals surface area contributed by atoms with Crippen molar-refractivity contribution in [2.45, 2.75) is 67.4 Å². The Balaban J connectivity index is 0.920. The number of rotatable bonds is 18. The second-order valence-electron chi connectivity index (χ2n) is 19.8. The summed E-state index contributed by atoms with van der Waals surface area (Å²) < 4.78 is 95.0. The van der Waals surface area contributed by atoms with Crippen LogP contribution in [0, 0.1) is 12.8 Å². The van der Waals surface area contributed by atoms with Crippen LogP contribution in [0.3, 0.4) is 0 Å². The summed E-state index contributed by atoms with van der Waals surface area (Å²) in [7, 11) is -10.1. The van der Waals surface area contributed by atoms with Crippen molar-refractivity contribution in [1.29, 1.82) is 0 Å². The molecule has 0 spiro atoms. The molecule has 2 atom stereocenters. The standard InChI is InChI=1S/C56H61ClF3N6O8PS2/c1-37(2)66-38(3)51(55(69)70)52(53(66)39-12-14-42(57)15-13-39)41-8-7-9-46(34-41)64-30-28-63(29-31-64)44-16-18-45(19-17-44)65-32-33-74-75(65,71)47-20-21-49(50(35-47)77(72,73)56(58,59)60)61-43(36-76-48-10-5-4-6-11-48)24-27-62-25-22-40(23-26-62)54(67)68/h4-21,34-35,37,40,43,61H,22-33,36H2,1-3H3,(H,67,68)(H,69,70)/t43-,75+/m1/s1. The van der Waals surface area contributed by atoms with E-state index in [0.717, 1.165) is 39.2 Å². The summed E-state index contributed by atoms with van der Waals surface area (Å²) >= 11 is 7.74. The molecule has 4 heterocycles. The second kappa shape index (κ2) is 23.2. The number of likely N-dealkylation sites (tertiary alicyclic amines) is 1. The summed E-state index contributed by atoms with van der Waals surface area (Å²) in [4.78, 5) is 30.9. The number of aliphatic carboxylic acids is 1. The number of piperazine rings is 1.